The molecule has 0 amide bonds. The molecule has 0 bridgehead atoms. The van der Waals surface area contributed by atoms with E-state index in [1.807, 2.05) is 0 Å². The molecule has 0 heterocycles. The Morgan fingerprint density at radius 3 is 2.47 bits per heavy atom. The Morgan fingerprint density at radius 2 is 1.87 bits per heavy atom. The molecule has 1 aliphatic rings. The zero-order valence-electron chi connectivity index (χ0n) is 10.6. The SMILES string of the molecule is CCCN(C)CC#CC1CCC(C)CC1. The standard InChI is InChI=1S/C14H25N/c1-4-11-15(3)12-5-6-14-9-7-13(2)8-10-14/h13-14H,4,7-12H2,1-3H3. The van der Waals surface area contributed by atoms with Gasteiger partial charge in [0.15, 0.2) is 0 Å². The summed E-state index contributed by atoms with van der Waals surface area (Å²) in [6.07, 6.45) is 6.63. The predicted octanol–water partition coefficient (Wildman–Crippen LogP) is 3.16. The average Bonchev–Trinajstić information content (AvgIpc) is 2.21. The van der Waals surface area contributed by atoms with Crippen LogP contribution in [0.1, 0.15) is 46.0 Å². The van der Waals surface area contributed by atoms with Crippen molar-refractivity contribution < 1.29 is 0 Å². The summed E-state index contributed by atoms with van der Waals surface area (Å²) in [5.41, 5.74) is 0. The monoisotopic (exact) mass is 207 g/mol. The third-order valence-corrected chi connectivity index (χ3v) is 3.28. The molecule has 0 radical (unpaired) electrons. The molecule has 0 unspecified atom stereocenters. The van der Waals surface area contributed by atoms with E-state index >= 15 is 0 Å². The van der Waals surface area contributed by atoms with Gasteiger partial charge < -0.3 is 0 Å². The summed E-state index contributed by atoms with van der Waals surface area (Å²) in [6.45, 7) is 6.68. The van der Waals surface area contributed by atoms with E-state index < -0.39 is 0 Å². The number of rotatable bonds is 3. The molecular weight excluding hydrogens is 182 g/mol. The second-order valence-electron chi connectivity index (χ2n) is 5.02. The Bertz CT molecular complexity index is 215. The molecule has 1 nitrogen and oxygen atoms in total. The highest BCUT2D eigenvalue weighted by atomic mass is 15.1. The highest BCUT2D eigenvalue weighted by molar-refractivity contribution is 5.06. The molecule has 0 aromatic heterocycles. The van der Waals surface area contributed by atoms with E-state index in [1.54, 1.807) is 0 Å². The highest BCUT2D eigenvalue weighted by Gasteiger charge is 2.15. The van der Waals surface area contributed by atoms with Crippen molar-refractivity contribution >= 4 is 0 Å². The van der Waals surface area contributed by atoms with Gasteiger partial charge in [0.05, 0.1) is 6.54 Å². The minimum atomic E-state index is 0.691. The molecule has 1 aliphatic carbocycles. The first-order chi connectivity index (χ1) is 7.22. The van der Waals surface area contributed by atoms with Crippen LogP contribution in [0.25, 0.3) is 0 Å². The summed E-state index contributed by atoms with van der Waals surface area (Å²) in [5.74, 6) is 8.40. The average molecular weight is 207 g/mol. The van der Waals surface area contributed by atoms with Crippen molar-refractivity contribution in [3.05, 3.63) is 0 Å². The second kappa shape index (κ2) is 6.90. The smallest absolute Gasteiger partial charge is 0.0599 e. The molecule has 1 heteroatoms. The molecule has 1 rings (SSSR count). The number of hydrogen-bond donors (Lipinski definition) is 0. The largest absolute Gasteiger partial charge is 0.295 e. The molecule has 0 aromatic rings. The quantitative estimate of drug-likeness (QED) is 0.643. The summed E-state index contributed by atoms with van der Waals surface area (Å²) in [4.78, 5) is 2.30. The Morgan fingerprint density at radius 1 is 1.20 bits per heavy atom. The van der Waals surface area contributed by atoms with Crippen molar-refractivity contribution in [1.29, 1.82) is 0 Å². The summed E-state index contributed by atoms with van der Waals surface area (Å²) < 4.78 is 0. The van der Waals surface area contributed by atoms with E-state index in [2.05, 4.69) is 37.6 Å². The van der Waals surface area contributed by atoms with Gasteiger partial charge in [0, 0.05) is 5.92 Å². The van der Waals surface area contributed by atoms with Crippen LogP contribution >= 0.6 is 0 Å². The van der Waals surface area contributed by atoms with E-state index in [-0.39, 0.29) is 0 Å². The van der Waals surface area contributed by atoms with Crippen molar-refractivity contribution in [2.75, 3.05) is 20.1 Å². The lowest BCUT2D eigenvalue weighted by Crippen LogP contribution is -2.19. The van der Waals surface area contributed by atoms with Crippen molar-refractivity contribution in [2.24, 2.45) is 11.8 Å². The van der Waals surface area contributed by atoms with Gasteiger partial charge in [0.25, 0.3) is 0 Å². The Balaban J connectivity index is 2.20. The molecular formula is C14H25N. The lowest BCUT2D eigenvalue weighted by Gasteiger charge is -2.22. The van der Waals surface area contributed by atoms with Gasteiger partial charge in [-0.15, -0.1) is 0 Å². The summed E-state index contributed by atoms with van der Waals surface area (Å²) in [6, 6.07) is 0. The van der Waals surface area contributed by atoms with E-state index in [0.29, 0.717) is 5.92 Å². The first kappa shape index (κ1) is 12.6. The fourth-order valence-corrected chi connectivity index (χ4v) is 2.19. The van der Waals surface area contributed by atoms with Gasteiger partial charge in [-0.05, 0) is 51.6 Å². The van der Waals surface area contributed by atoms with E-state index in [9.17, 15) is 0 Å². The summed E-state index contributed by atoms with van der Waals surface area (Å²) in [7, 11) is 2.15. The van der Waals surface area contributed by atoms with Crippen LogP contribution in [0.2, 0.25) is 0 Å². The lowest BCUT2D eigenvalue weighted by atomic mass is 9.83. The van der Waals surface area contributed by atoms with Crippen LogP contribution in [0.15, 0.2) is 0 Å². The third-order valence-electron chi connectivity index (χ3n) is 3.28. The molecule has 15 heavy (non-hydrogen) atoms. The van der Waals surface area contributed by atoms with E-state index in [0.717, 1.165) is 19.0 Å². The maximum Gasteiger partial charge on any atom is 0.0599 e. The van der Waals surface area contributed by atoms with Gasteiger partial charge in [0.1, 0.15) is 0 Å². The summed E-state index contributed by atoms with van der Waals surface area (Å²) in [5, 5.41) is 0. The van der Waals surface area contributed by atoms with Gasteiger partial charge in [-0.25, -0.2) is 0 Å². The first-order valence-corrected chi connectivity index (χ1v) is 6.39. The van der Waals surface area contributed by atoms with Crippen LogP contribution < -0.4 is 0 Å². The van der Waals surface area contributed by atoms with Crippen molar-refractivity contribution in [3.63, 3.8) is 0 Å². The zero-order chi connectivity index (χ0) is 11.1. The van der Waals surface area contributed by atoms with Crippen molar-refractivity contribution in [1.82, 2.24) is 4.90 Å². The molecule has 0 N–H and O–H groups in total. The Kier molecular flexibility index (Phi) is 5.79. The topological polar surface area (TPSA) is 3.24 Å². The normalized spacial score (nSPS) is 26.1. The van der Waals surface area contributed by atoms with Gasteiger partial charge in [-0.3, -0.25) is 4.90 Å². The fraction of sp³-hybridized carbons (Fsp3) is 0.857. The highest BCUT2D eigenvalue weighted by Crippen LogP contribution is 2.27. The van der Waals surface area contributed by atoms with E-state index in [1.165, 1.54) is 32.1 Å². The molecule has 86 valence electrons. The maximum absolute atomic E-state index is 3.44. The minimum Gasteiger partial charge on any atom is -0.295 e. The molecule has 0 saturated heterocycles. The van der Waals surface area contributed by atoms with Crippen LogP contribution in [-0.4, -0.2) is 25.0 Å². The van der Waals surface area contributed by atoms with Crippen LogP contribution in [0.5, 0.6) is 0 Å². The van der Waals surface area contributed by atoms with E-state index in [4.69, 9.17) is 0 Å². The van der Waals surface area contributed by atoms with Crippen molar-refractivity contribution in [2.45, 2.75) is 46.0 Å². The molecule has 0 aromatic carbocycles. The molecule has 1 fully saturated rings. The van der Waals surface area contributed by atoms with Gasteiger partial charge in [-0.1, -0.05) is 25.7 Å². The summed E-state index contributed by atoms with van der Waals surface area (Å²) >= 11 is 0. The number of nitrogens with zero attached hydrogens (tertiary/aromatic N) is 1. The maximum atomic E-state index is 3.44. The third kappa shape index (κ3) is 5.23. The Hall–Kier alpha value is -0.480. The predicted molar refractivity (Wildman–Crippen MR) is 66.7 cm³/mol. The number of hydrogen-bond acceptors (Lipinski definition) is 1. The van der Waals surface area contributed by atoms with Gasteiger partial charge >= 0.3 is 0 Å². The minimum absolute atomic E-state index is 0.691. The molecule has 1 saturated carbocycles. The molecule has 0 aliphatic heterocycles. The lowest BCUT2D eigenvalue weighted by molar-refractivity contribution is 0.336. The zero-order valence-corrected chi connectivity index (χ0v) is 10.6. The first-order valence-electron chi connectivity index (χ1n) is 6.39. The second-order valence-corrected chi connectivity index (χ2v) is 5.02. The Labute approximate surface area is 95.2 Å². The molecule has 0 spiro atoms. The van der Waals surface area contributed by atoms with Crippen molar-refractivity contribution in [3.8, 4) is 11.8 Å². The fourth-order valence-electron chi connectivity index (χ4n) is 2.19. The van der Waals surface area contributed by atoms with Crippen LogP contribution in [0.3, 0.4) is 0 Å². The van der Waals surface area contributed by atoms with Crippen LogP contribution in [0, 0.1) is 23.7 Å². The van der Waals surface area contributed by atoms with Crippen LogP contribution in [-0.2, 0) is 0 Å². The molecule has 0 atom stereocenters. The van der Waals surface area contributed by atoms with Gasteiger partial charge in [0.2, 0.25) is 0 Å². The van der Waals surface area contributed by atoms with Crippen LogP contribution in [0.4, 0.5) is 0 Å². The van der Waals surface area contributed by atoms with Gasteiger partial charge in [-0.2, -0.15) is 0 Å².